The largest absolute Gasteiger partial charge is 0.321 e. The summed E-state index contributed by atoms with van der Waals surface area (Å²) in [5, 5.41) is 2.82. The molecular weight excluding hydrogens is 288 g/mol. The van der Waals surface area contributed by atoms with Gasteiger partial charge in [0.1, 0.15) is 0 Å². The lowest BCUT2D eigenvalue weighted by atomic mass is 10.3. The molecule has 0 aliphatic rings. The number of amides is 1. The van der Waals surface area contributed by atoms with E-state index in [-0.39, 0.29) is 5.91 Å². The number of anilines is 1. The van der Waals surface area contributed by atoms with Gasteiger partial charge in [-0.2, -0.15) is 0 Å². The summed E-state index contributed by atoms with van der Waals surface area (Å²) < 4.78 is 0.948. The molecule has 0 unspecified atom stereocenters. The quantitative estimate of drug-likeness (QED) is 0.922. The van der Waals surface area contributed by atoms with Crippen LogP contribution in [0.4, 0.5) is 5.69 Å². The van der Waals surface area contributed by atoms with E-state index in [9.17, 15) is 4.79 Å². The average molecular weight is 297 g/mol. The van der Waals surface area contributed by atoms with Crippen molar-refractivity contribution in [1.82, 2.24) is 4.98 Å². The predicted molar refractivity (Wildman–Crippen MR) is 68.9 cm³/mol. The van der Waals surface area contributed by atoms with E-state index in [0.717, 1.165) is 15.2 Å². The third-order valence-corrected chi connectivity index (χ3v) is 3.57. The second-order valence-electron chi connectivity index (χ2n) is 3.24. The molecule has 0 aromatic carbocycles. The molecule has 5 heteroatoms. The van der Waals surface area contributed by atoms with Gasteiger partial charge in [-0.25, -0.2) is 0 Å². The highest BCUT2D eigenvalue weighted by molar-refractivity contribution is 9.11. The minimum atomic E-state index is -0.0960. The second kappa shape index (κ2) is 4.76. The molecule has 0 fully saturated rings. The van der Waals surface area contributed by atoms with Crippen molar-refractivity contribution in [3.05, 3.63) is 44.8 Å². The van der Waals surface area contributed by atoms with Gasteiger partial charge in [-0.05, 0) is 47.1 Å². The van der Waals surface area contributed by atoms with Crippen LogP contribution in [0.15, 0.2) is 34.2 Å². The lowest BCUT2D eigenvalue weighted by molar-refractivity contribution is 0.103. The Morgan fingerprint density at radius 2 is 2.25 bits per heavy atom. The van der Waals surface area contributed by atoms with E-state index < -0.39 is 0 Å². The molecule has 0 saturated carbocycles. The van der Waals surface area contributed by atoms with Gasteiger partial charge >= 0.3 is 0 Å². The van der Waals surface area contributed by atoms with Crippen LogP contribution in [0, 0.1) is 6.92 Å². The van der Waals surface area contributed by atoms with Crippen LogP contribution in [0.2, 0.25) is 0 Å². The number of hydrogen-bond acceptors (Lipinski definition) is 3. The Hall–Kier alpha value is -1.20. The molecule has 0 atom stereocenters. The zero-order valence-electron chi connectivity index (χ0n) is 8.53. The molecule has 0 radical (unpaired) electrons. The van der Waals surface area contributed by atoms with E-state index in [1.165, 1.54) is 11.3 Å². The maximum atomic E-state index is 11.8. The molecule has 2 aromatic heterocycles. The summed E-state index contributed by atoms with van der Waals surface area (Å²) in [6, 6.07) is 7.25. The van der Waals surface area contributed by atoms with Gasteiger partial charge in [-0.15, -0.1) is 11.3 Å². The second-order valence-corrected chi connectivity index (χ2v) is 5.71. The lowest BCUT2D eigenvalue weighted by Gasteiger charge is -2.03. The number of carbonyl (C=O) groups excluding carboxylic acids is 1. The summed E-state index contributed by atoms with van der Waals surface area (Å²) in [7, 11) is 0. The van der Waals surface area contributed by atoms with Gasteiger partial charge in [0.2, 0.25) is 0 Å². The fraction of sp³-hybridized carbons (Fsp3) is 0.0909. The van der Waals surface area contributed by atoms with Crippen molar-refractivity contribution in [2.45, 2.75) is 6.92 Å². The van der Waals surface area contributed by atoms with Gasteiger partial charge in [0.25, 0.3) is 5.91 Å². The molecule has 0 bridgehead atoms. The molecule has 2 aromatic rings. The molecule has 1 N–H and O–H groups in total. The third kappa shape index (κ3) is 2.68. The minimum absolute atomic E-state index is 0.0960. The Morgan fingerprint density at radius 3 is 2.88 bits per heavy atom. The predicted octanol–water partition coefficient (Wildman–Crippen LogP) is 3.47. The Labute approximate surface area is 106 Å². The number of aryl methyl sites for hydroxylation is 1. The van der Waals surface area contributed by atoms with Crippen LogP contribution in [0.5, 0.6) is 0 Å². The number of halogens is 1. The first-order valence-electron chi connectivity index (χ1n) is 4.64. The first-order valence-corrected chi connectivity index (χ1v) is 6.25. The molecule has 1 amide bonds. The first-order chi connectivity index (χ1) is 7.65. The smallest absolute Gasteiger partial charge is 0.265 e. The van der Waals surface area contributed by atoms with Crippen molar-refractivity contribution >= 4 is 38.9 Å². The van der Waals surface area contributed by atoms with Crippen LogP contribution < -0.4 is 5.32 Å². The van der Waals surface area contributed by atoms with Gasteiger partial charge in [0.15, 0.2) is 0 Å². The van der Waals surface area contributed by atoms with E-state index in [4.69, 9.17) is 0 Å². The maximum Gasteiger partial charge on any atom is 0.265 e. The van der Waals surface area contributed by atoms with Gasteiger partial charge in [0.05, 0.1) is 8.66 Å². The fourth-order valence-electron chi connectivity index (χ4n) is 1.25. The molecule has 0 aliphatic carbocycles. The average Bonchev–Trinajstić information content (AvgIpc) is 2.65. The summed E-state index contributed by atoms with van der Waals surface area (Å²) in [6.45, 7) is 1.89. The highest BCUT2D eigenvalue weighted by atomic mass is 79.9. The van der Waals surface area contributed by atoms with Crippen LogP contribution >= 0.6 is 27.3 Å². The van der Waals surface area contributed by atoms with Gasteiger partial charge in [-0.3, -0.25) is 9.78 Å². The van der Waals surface area contributed by atoms with Crippen LogP contribution in [-0.2, 0) is 0 Å². The number of carbonyl (C=O) groups is 1. The van der Waals surface area contributed by atoms with E-state index in [1.807, 2.05) is 19.1 Å². The molecule has 2 rings (SSSR count). The van der Waals surface area contributed by atoms with Crippen molar-refractivity contribution in [1.29, 1.82) is 0 Å². The lowest BCUT2D eigenvalue weighted by Crippen LogP contribution is -2.10. The highest BCUT2D eigenvalue weighted by Crippen LogP contribution is 2.22. The normalized spacial score (nSPS) is 10.1. The maximum absolute atomic E-state index is 11.8. The van der Waals surface area contributed by atoms with Crippen molar-refractivity contribution in [3.63, 3.8) is 0 Å². The standard InChI is InChI=1S/C11H9BrN2OS/c1-7-6-8(4-5-13-7)14-11(15)9-2-3-10(12)16-9/h2-6H,1H3,(H,13,14,15). The molecule has 82 valence electrons. The Morgan fingerprint density at radius 1 is 1.44 bits per heavy atom. The van der Waals surface area contributed by atoms with Gasteiger partial charge in [0, 0.05) is 17.6 Å². The number of pyridine rings is 1. The molecule has 0 spiro atoms. The summed E-state index contributed by atoms with van der Waals surface area (Å²) >= 11 is 4.73. The number of rotatable bonds is 2. The molecule has 16 heavy (non-hydrogen) atoms. The Bertz CT molecular complexity index is 524. The fourth-order valence-corrected chi connectivity index (χ4v) is 2.53. The van der Waals surface area contributed by atoms with Crippen molar-refractivity contribution in [2.75, 3.05) is 5.32 Å². The van der Waals surface area contributed by atoms with Crippen LogP contribution in [-0.4, -0.2) is 10.9 Å². The third-order valence-electron chi connectivity index (χ3n) is 1.95. The summed E-state index contributed by atoms with van der Waals surface area (Å²) in [4.78, 5) is 16.5. The summed E-state index contributed by atoms with van der Waals surface area (Å²) in [6.07, 6.45) is 1.68. The zero-order chi connectivity index (χ0) is 11.5. The van der Waals surface area contributed by atoms with Crippen LogP contribution in [0.3, 0.4) is 0 Å². The van der Waals surface area contributed by atoms with E-state index in [1.54, 1.807) is 18.3 Å². The number of hydrogen-bond donors (Lipinski definition) is 1. The zero-order valence-corrected chi connectivity index (χ0v) is 10.9. The van der Waals surface area contributed by atoms with Crippen molar-refractivity contribution in [2.24, 2.45) is 0 Å². The van der Waals surface area contributed by atoms with Crippen molar-refractivity contribution in [3.8, 4) is 0 Å². The number of nitrogens with one attached hydrogen (secondary N) is 1. The molecule has 3 nitrogen and oxygen atoms in total. The van der Waals surface area contributed by atoms with Crippen molar-refractivity contribution < 1.29 is 4.79 Å². The van der Waals surface area contributed by atoms with Crippen LogP contribution in [0.25, 0.3) is 0 Å². The van der Waals surface area contributed by atoms with E-state index >= 15 is 0 Å². The SMILES string of the molecule is Cc1cc(NC(=O)c2ccc(Br)s2)ccn1. The monoisotopic (exact) mass is 296 g/mol. The Balaban J connectivity index is 2.13. The number of nitrogens with zero attached hydrogens (tertiary/aromatic N) is 1. The molecule has 2 heterocycles. The Kier molecular flexibility index (Phi) is 3.36. The van der Waals surface area contributed by atoms with E-state index in [2.05, 4.69) is 26.2 Å². The molecule has 0 aliphatic heterocycles. The summed E-state index contributed by atoms with van der Waals surface area (Å²) in [5.41, 5.74) is 1.65. The number of aromatic nitrogens is 1. The topological polar surface area (TPSA) is 42.0 Å². The number of thiophene rings is 1. The molecular formula is C11H9BrN2OS. The highest BCUT2D eigenvalue weighted by Gasteiger charge is 2.08. The minimum Gasteiger partial charge on any atom is -0.321 e. The molecule has 0 saturated heterocycles. The van der Waals surface area contributed by atoms with Gasteiger partial charge < -0.3 is 5.32 Å². The van der Waals surface area contributed by atoms with Gasteiger partial charge in [-0.1, -0.05) is 0 Å². The summed E-state index contributed by atoms with van der Waals surface area (Å²) in [5.74, 6) is -0.0960. The van der Waals surface area contributed by atoms with Crippen LogP contribution in [0.1, 0.15) is 15.4 Å². The van der Waals surface area contributed by atoms with E-state index in [0.29, 0.717) is 4.88 Å². The first kappa shape index (κ1) is 11.3.